The zero-order valence-corrected chi connectivity index (χ0v) is 23.8. The number of aliphatic hydroxyl groups is 2. The highest BCUT2D eigenvalue weighted by Gasteiger charge is 2.73. The van der Waals surface area contributed by atoms with Gasteiger partial charge in [-0.3, -0.25) is 19.3 Å². The first-order valence-corrected chi connectivity index (χ1v) is 14.7. The van der Waals surface area contributed by atoms with Crippen molar-refractivity contribution < 1.29 is 34.1 Å². The number of hydrogen-bond donors (Lipinski definition) is 3. The molecule has 3 N–H and O–H groups in total. The largest absolute Gasteiger partial charge is 0.497 e. The summed E-state index contributed by atoms with van der Waals surface area (Å²) < 4.78 is 10.5. The molecule has 2 aromatic carbocycles. The first-order valence-electron chi connectivity index (χ1n) is 14.7. The third kappa shape index (κ3) is 5.10. The third-order valence-corrected chi connectivity index (χ3v) is 9.09. The van der Waals surface area contributed by atoms with Crippen molar-refractivity contribution >= 4 is 17.6 Å². The lowest BCUT2D eigenvalue weighted by atomic mass is 9.74. The number of ketones is 1. The van der Waals surface area contributed by atoms with E-state index in [1.165, 1.54) is 26.4 Å². The predicted molar refractivity (Wildman–Crippen MR) is 152 cm³/mol. The Bertz CT molecular complexity index is 1250. The first-order chi connectivity index (χ1) is 19.7. The van der Waals surface area contributed by atoms with E-state index >= 15 is 0 Å². The summed E-state index contributed by atoms with van der Waals surface area (Å²) in [6, 6.07) is 11.9. The van der Waals surface area contributed by atoms with Crippen LogP contribution in [0.5, 0.6) is 11.5 Å². The van der Waals surface area contributed by atoms with Gasteiger partial charge >= 0.3 is 0 Å². The summed E-state index contributed by atoms with van der Waals surface area (Å²) in [5, 5.41) is 28.1. The molecule has 2 amide bonds. The Hall–Kier alpha value is -3.43. The van der Waals surface area contributed by atoms with E-state index in [0.29, 0.717) is 24.3 Å². The van der Waals surface area contributed by atoms with Crippen LogP contribution in [0.1, 0.15) is 86.0 Å². The van der Waals surface area contributed by atoms with Crippen molar-refractivity contribution in [3.05, 3.63) is 59.7 Å². The zero-order valence-electron chi connectivity index (χ0n) is 23.8. The number of carbonyl (C=O) groups excluding carboxylic acids is 3. The first kappa shape index (κ1) is 29.1. The second-order valence-corrected chi connectivity index (χ2v) is 11.5. The van der Waals surface area contributed by atoms with Gasteiger partial charge in [0.05, 0.1) is 20.1 Å². The van der Waals surface area contributed by atoms with Gasteiger partial charge in [-0.25, -0.2) is 0 Å². The number of amides is 2. The van der Waals surface area contributed by atoms with Crippen LogP contribution < -0.4 is 14.8 Å². The molecule has 0 radical (unpaired) electrons. The van der Waals surface area contributed by atoms with Crippen molar-refractivity contribution in [2.45, 2.75) is 93.5 Å². The summed E-state index contributed by atoms with van der Waals surface area (Å²) in [6.45, 7) is 0. The molecule has 2 saturated carbocycles. The van der Waals surface area contributed by atoms with Gasteiger partial charge in [-0.2, -0.15) is 0 Å². The van der Waals surface area contributed by atoms with Gasteiger partial charge in [-0.1, -0.05) is 50.7 Å². The molecule has 1 heterocycles. The summed E-state index contributed by atoms with van der Waals surface area (Å²) in [5.74, 6) is -3.16. The van der Waals surface area contributed by atoms with Gasteiger partial charge in [-0.15, -0.1) is 0 Å². The maximum Gasteiger partial charge on any atom is 0.274 e. The number of nitrogens with zero attached hydrogens (tertiary/aromatic N) is 1. The van der Waals surface area contributed by atoms with Gasteiger partial charge in [0.2, 0.25) is 17.1 Å². The van der Waals surface area contributed by atoms with Gasteiger partial charge in [0.1, 0.15) is 11.5 Å². The highest BCUT2D eigenvalue weighted by molar-refractivity contribution is 6.21. The summed E-state index contributed by atoms with van der Waals surface area (Å²) >= 11 is 0. The molecule has 3 aliphatic rings. The number of Topliss-reactive ketones (excluding diaryl/α,β-unsaturated/α-hetero) is 1. The fourth-order valence-electron chi connectivity index (χ4n) is 6.92. The molecule has 1 saturated heterocycles. The Kier molecular flexibility index (Phi) is 8.38. The Labute approximate surface area is 240 Å². The number of hydrogen-bond acceptors (Lipinski definition) is 7. The Morgan fingerprint density at radius 3 is 1.85 bits per heavy atom. The molecule has 9 nitrogen and oxygen atoms in total. The van der Waals surface area contributed by atoms with Crippen molar-refractivity contribution in [2.75, 3.05) is 14.2 Å². The van der Waals surface area contributed by atoms with E-state index in [9.17, 15) is 24.6 Å². The molecular formula is C32H40N2O7. The van der Waals surface area contributed by atoms with E-state index in [1.54, 1.807) is 36.4 Å². The fraction of sp³-hybridized carbons (Fsp3) is 0.531. The number of rotatable bonds is 8. The summed E-state index contributed by atoms with van der Waals surface area (Å²) in [6.07, 6.45) is 8.24. The van der Waals surface area contributed by atoms with Crippen LogP contribution in [-0.2, 0) is 9.59 Å². The molecule has 5 rings (SSSR count). The van der Waals surface area contributed by atoms with Crippen LogP contribution in [0.3, 0.4) is 0 Å². The minimum absolute atomic E-state index is 0.0701. The minimum Gasteiger partial charge on any atom is -0.497 e. The number of methoxy groups -OCH3 is 2. The van der Waals surface area contributed by atoms with E-state index in [0.717, 1.165) is 56.3 Å². The molecule has 3 fully saturated rings. The van der Waals surface area contributed by atoms with E-state index in [-0.39, 0.29) is 17.2 Å². The van der Waals surface area contributed by atoms with E-state index in [4.69, 9.17) is 9.47 Å². The number of carbonyl (C=O) groups is 3. The topological polar surface area (TPSA) is 125 Å². The van der Waals surface area contributed by atoms with Crippen molar-refractivity contribution in [3.63, 3.8) is 0 Å². The lowest BCUT2D eigenvalue weighted by molar-refractivity contribution is -0.174. The van der Waals surface area contributed by atoms with Gasteiger partial charge in [0, 0.05) is 17.6 Å². The highest BCUT2D eigenvalue weighted by atomic mass is 16.5. The van der Waals surface area contributed by atoms with E-state index in [2.05, 4.69) is 5.32 Å². The van der Waals surface area contributed by atoms with Crippen molar-refractivity contribution in [3.8, 4) is 11.5 Å². The number of ether oxygens (including phenoxy) is 2. The average Bonchev–Trinajstić information content (AvgIpc) is 3.20. The molecule has 2 aliphatic carbocycles. The highest BCUT2D eigenvalue weighted by Crippen LogP contribution is 2.52. The second-order valence-electron chi connectivity index (χ2n) is 11.5. The molecular weight excluding hydrogens is 524 g/mol. The summed E-state index contributed by atoms with van der Waals surface area (Å²) in [7, 11) is 3.01. The third-order valence-electron chi connectivity index (χ3n) is 9.09. The van der Waals surface area contributed by atoms with Gasteiger partial charge < -0.3 is 25.0 Å². The van der Waals surface area contributed by atoms with Crippen LogP contribution in [0, 0.1) is 0 Å². The van der Waals surface area contributed by atoms with Gasteiger partial charge in [0.15, 0.2) is 0 Å². The number of nitrogens with one attached hydrogen (secondary N) is 1. The van der Waals surface area contributed by atoms with Crippen LogP contribution in [0.4, 0.5) is 0 Å². The summed E-state index contributed by atoms with van der Waals surface area (Å²) in [5.41, 5.74) is -4.88. The molecule has 41 heavy (non-hydrogen) atoms. The minimum atomic E-state index is -2.74. The van der Waals surface area contributed by atoms with Crippen LogP contribution in [0.15, 0.2) is 48.5 Å². The molecule has 0 bridgehead atoms. The van der Waals surface area contributed by atoms with Crippen LogP contribution >= 0.6 is 0 Å². The molecule has 0 aromatic heterocycles. The predicted octanol–water partition coefficient (Wildman–Crippen LogP) is 3.71. The molecule has 220 valence electrons. The Morgan fingerprint density at radius 2 is 1.32 bits per heavy atom. The maximum atomic E-state index is 14.4. The molecule has 0 spiro atoms. The molecule has 3 atom stereocenters. The Balaban J connectivity index is 1.67. The van der Waals surface area contributed by atoms with Crippen molar-refractivity contribution in [2.24, 2.45) is 0 Å². The second kappa shape index (κ2) is 11.8. The maximum absolute atomic E-state index is 14.4. The lowest BCUT2D eigenvalue weighted by Crippen LogP contribution is -2.63. The van der Waals surface area contributed by atoms with Crippen LogP contribution in [0.25, 0.3) is 0 Å². The lowest BCUT2D eigenvalue weighted by Gasteiger charge is -2.42. The summed E-state index contributed by atoms with van der Waals surface area (Å²) in [4.78, 5) is 44.0. The standard InChI is InChI=1S/C32H40N2O7/c1-40-25-17-13-21(14-18-25)27-31(38,28(35)22-15-19-26(41-2)20-16-22)30(37)34(24-11-7-4-8-12-24)32(27,39)29(36)33-23-9-5-3-6-10-23/h13-20,23-24,27,38-39H,3-12H2,1-2H3,(H,33,36). The monoisotopic (exact) mass is 564 g/mol. The van der Waals surface area contributed by atoms with Gasteiger partial charge in [0.25, 0.3) is 11.8 Å². The smallest absolute Gasteiger partial charge is 0.274 e. The molecule has 9 heteroatoms. The normalized spacial score (nSPS) is 27.5. The number of likely N-dealkylation sites (tertiary alicyclic amines) is 1. The average molecular weight is 565 g/mol. The quantitative estimate of drug-likeness (QED) is 0.330. The van der Waals surface area contributed by atoms with E-state index < -0.39 is 40.9 Å². The van der Waals surface area contributed by atoms with Crippen LogP contribution in [-0.4, -0.2) is 70.3 Å². The number of benzene rings is 2. The van der Waals surface area contributed by atoms with Crippen molar-refractivity contribution in [1.29, 1.82) is 0 Å². The van der Waals surface area contributed by atoms with Crippen LogP contribution in [0.2, 0.25) is 0 Å². The van der Waals surface area contributed by atoms with Crippen molar-refractivity contribution in [1.82, 2.24) is 10.2 Å². The SMILES string of the molecule is COc1ccc(C(=O)C2(O)C(=O)N(C3CCCCC3)C(O)(C(=O)NC3CCCCC3)C2c2ccc(OC)cc2)cc1. The molecule has 3 unspecified atom stereocenters. The Morgan fingerprint density at radius 1 is 0.805 bits per heavy atom. The zero-order chi connectivity index (χ0) is 29.2. The van der Waals surface area contributed by atoms with E-state index in [1.807, 2.05) is 0 Å². The molecule has 2 aromatic rings. The fourth-order valence-corrected chi connectivity index (χ4v) is 6.92. The van der Waals surface area contributed by atoms with Gasteiger partial charge in [-0.05, 0) is 67.6 Å². The molecule has 1 aliphatic heterocycles.